The van der Waals surface area contributed by atoms with Crippen LogP contribution in [0.1, 0.15) is 47.4 Å². The molecule has 3 saturated heterocycles. The van der Waals surface area contributed by atoms with Gasteiger partial charge >= 0.3 is 0 Å². The zero-order valence-corrected chi connectivity index (χ0v) is 18.5. The molecule has 2 bridgehead atoms. The lowest BCUT2D eigenvalue weighted by Crippen LogP contribution is -2.64. The van der Waals surface area contributed by atoms with Crippen LogP contribution >= 0.6 is 0 Å². The van der Waals surface area contributed by atoms with Crippen molar-refractivity contribution in [2.45, 2.75) is 51.1 Å². The maximum Gasteiger partial charge on any atom is 0.257 e. The van der Waals surface area contributed by atoms with E-state index in [4.69, 9.17) is 4.74 Å². The highest BCUT2D eigenvalue weighted by atomic mass is 16.5. The third-order valence-electron chi connectivity index (χ3n) is 7.52. The van der Waals surface area contributed by atoms with Gasteiger partial charge in [0, 0.05) is 37.6 Å². The number of nitrogens with zero attached hydrogens (tertiary/aromatic N) is 4. The van der Waals surface area contributed by atoms with Crippen LogP contribution in [0, 0.1) is 18.8 Å². The number of hydrogen-bond acceptors (Lipinski definition) is 5. The second-order valence-electron chi connectivity index (χ2n) is 9.41. The summed E-state index contributed by atoms with van der Waals surface area (Å²) in [7, 11) is 1.73. The fourth-order valence-corrected chi connectivity index (χ4v) is 6.08. The van der Waals surface area contributed by atoms with E-state index in [0.717, 1.165) is 25.3 Å². The van der Waals surface area contributed by atoms with Gasteiger partial charge in [0.25, 0.3) is 5.91 Å². The highest BCUT2D eigenvalue weighted by molar-refractivity contribution is 5.93. The Hall–Kier alpha value is -2.47. The first-order valence-corrected chi connectivity index (χ1v) is 11.6. The Labute approximate surface area is 184 Å². The lowest BCUT2D eigenvalue weighted by molar-refractivity contribution is -0.0642. The van der Waals surface area contributed by atoms with Crippen LogP contribution < -0.4 is 4.74 Å². The average Bonchev–Trinajstić information content (AvgIpc) is 2.82. The number of aromatic nitrogens is 2. The number of likely N-dealkylation sites (tertiary alicyclic amines) is 1. The van der Waals surface area contributed by atoms with E-state index in [2.05, 4.69) is 38.0 Å². The van der Waals surface area contributed by atoms with Gasteiger partial charge in [-0.25, -0.2) is 9.97 Å². The van der Waals surface area contributed by atoms with Gasteiger partial charge in [0.15, 0.2) is 0 Å². The number of aryl methyl sites for hydroxylation is 1. The number of piperidine rings is 3. The molecule has 6 nitrogen and oxygen atoms in total. The molecule has 0 unspecified atom stereocenters. The summed E-state index contributed by atoms with van der Waals surface area (Å²) in [6.07, 6.45) is 9.43. The van der Waals surface area contributed by atoms with E-state index >= 15 is 0 Å². The van der Waals surface area contributed by atoms with Crippen LogP contribution in [0.15, 0.2) is 36.7 Å². The number of rotatable bonds is 4. The predicted octanol–water partition coefficient (Wildman–Crippen LogP) is 3.35. The number of amides is 1. The minimum atomic E-state index is 0.0825. The van der Waals surface area contributed by atoms with Gasteiger partial charge in [0.2, 0.25) is 0 Å². The zero-order valence-electron chi connectivity index (χ0n) is 18.5. The molecule has 6 heteroatoms. The molecule has 3 aliphatic rings. The molecule has 164 valence electrons. The average molecular weight is 421 g/mol. The molecular weight excluding hydrogens is 388 g/mol. The van der Waals surface area contributed by atoms with Gasteiger partial charge in [-0.1, -0.05) is 18.6 Å². The molecule has 0 radical (unpaired) electrons. The molecule has 1 amide bonds. The van der Waals surface area contributed by atoms with Crippen molar-refractivity contribution in [1.29, 1.82) is 0 Å². The van der Waals surface area contributed by atoms with E-state index in [1.165, 1.54) is 37.8 Å². The molecule has 1 aromatic heterocycles. The Morgan fingerprint density at radius 3 is 2.77 bits per heavy atom. The maximum absolute atomic E-state index is 13.3. The van der Waals surface area contributed by atoms with Gasteiger partial charge in [-0.2, -0.15) is 0 Å². The lowest BCUT2D eigenvalue weighted by Gasteiger charge is -2.57. The fraction of sp³-hybridized carbons (Fsp3) is 0.560. The van der Waals surface area contributed by atoms with Crippen molar-refractivity contribution in [2.75, 3.05) is 26.7 Å². The number of fused-ring (bicyclic) bond motifs is 4. The van der Waals surface area contributed by atoms with Crippen LogP contribution in [0.5, 0.6) is 5.75 Å². The van der Waals surface area contributed by atoms with Crippen molar-refractivity contribution in [3.05, 3.63) is 53.6 Å². The van der Waals surface area contributed by atoms with E-state index < -0.39 is 0 Å². The third-order valence-corrected chi connectivity index (χ3v) is 7.52. The number of methoxy groups -OCH3 is 1. The molecule has 5 rings (SSSR count). The topological polar surface area (TPSA) is 58.6 Å². The third kappa shape index (κ3) is 4.05. The number of carbonyl (C=O) groups is 1. The fourth-order valence-electron chi connectivity index (χ4n) is 6.08. The minimum absolute atomic E-state index is 0.0825. The summed E-state index contributed by atoms with van der Waals surface area (Å²) in [5, 5.41) is 0. The summed E-state index contributed by atoms with van der Waals surface area (Å²) in [6, 6.07) is 9.53. The molecule has 31 heavy (non-hydrogen) atoms. The van der Waals surface area contributed by atoms with Gasteiger partial charge in [-0.05, 0) is 68.7 Å². The Morgan fingerprint density at radius 1 is 1.16 bits per heavy atom. The molecule has 1 aromatic carbocycles. The maximum atomic E-state index is 13.3. The molecule has 3 fully saturated rings. The van der Waals surface area contributed by atoms with Gasteiger partial charge < -0.3 is 9.64 Å². The molecule has 2 aromatic rings. The van der Waals surface area contributed by atoms with Crippen LogP contribution in [-0.4, -0.2) is 64.5 Å². The molecule has 0 spiro atoms. The van der Waals surface area contributed by atoms with Crippen LogP contribution in [0.4, 0.5) is 0 Å². The molecule has 4 heterocycles. The minimum Gasteiger partial charge on any atom is -0.497 e. The largest absolute Gasteiger partial charge is 0.497 e. The van der Waals surface area contributed by atoms with Crippen LogP contribution in [0.2, 0.25) is 0 Å². The van der Waals surface area contributed by atoms with Crippen LogP contribution in [0.3, 0.4) is 0 Å². The van der Waals surface area contributed by atoms with E-state index in [0.29, 0.717) is 35.3 Å². The van der Waals surface area contributed by atoms with Crippen molar-refractivity contribution in [1.82, 2.24) is 19.8 Å². The summed E-state index contributed by atoms with van der Waals surface area (Å²) in [6.45, 7) is 4.71. The number of hydrogen-bond donors (Lipinski definition) is 0. The summed E-state index contributed by atoms with van der Waals surface area (Å²) in [4.78, 5) is 26.6. The second-order valence-corrected chi connectivity index (χ2v) is 9.41. The van der Waals surface area contributed by atoms with Crippen molar-refractivity contribution in [3.8, 4) is 5.75 Å². The van der Waals surface area contributed by atoms with Crippen molar-refractivity contribution in [3.63, 3.8) is 0 Å². The molecule has 4 atom stereocenters. The standard InChI is InChI=1S/C25H32N4O2/c1-17-26-13-21(14-27-17)25(30)28-15-19-12-20(16-28)24(29-9-4-3-8-23(19)29)11-18-6-5-7-22(10-18)31-2/h5-7,10,13-14,19-20,23-24H,3-4,8-9,11-12,15-16H2,1-2H3/t19-,20+,23+,24+/m1/s1. The van der Waals surface area contributed by atoms with Crippen molar-refractivity contribution in [2.24, 2.45) is 11.8 Å². The van der Waals surface area contributed by atoms with Gasteiger partial charge in [0.05, 0.1) is 12.7 Å². The normalized spacial score (nSPS) is 28.1. The van der Waals surface area contributed by atoms with E-state index in [1.807, 2.05) is 13.0 Å². The summed E-state index contributed by atoms with van der Waals surface area (Å²) >= 11 is 0. The smallest absolute Gasteiger partial charge is 0.257 e. The number of carbonyl (C=O) groups excluding carboxylic acids is 1. The first kappa shape index (κ1) is 20.4. The van der Waals surface area contributed by atoms with Crippen molar-refractivity contribution < 1.29 is 9.53 Å². The summed E-state index contributed by atoms with van der Waals surface area (Å²) < 4.78 is 5.46. The highest BCUT2D eigenvalue weighted by Gasteiger charge is 2.47. The first-order valence-electron chi connectivity index (χ1n) is 11.6. The summed E-state index contributed by atoms with van der Waals surface area (Å²) in [5.74, 6) is 2.76. The number of benzene rings is 1. The number of ether oxygens (including phenoxy) is 1. The molecule has 0 aliphatic carbocycles. The zero-order chi connectivity index (χ0) is 21.4. The lowest BCUT2D eigenvalue weighted by atomic mass is 9.71. The predicted molar refractivity (Wildman–Crippen MR) is 119 cm³/mol. The Bertz CT molecular complexity index is 931. The molecule has 0 saturated carbocycles. The Morgan fingerprint density at radius 2 is 1.97 bits per heavy atom. The molecular formula is C25H32N4O2. The van der Waals surface area contributed by atoms with Gasteiger partial charge in [-0.3, -0.25) is 9.69 Å². The SMILES string of the molecule is COc1cccc(C[C@H]2[C@H]3C[C@H](CN(C(=O)c4cnc(C)nc4)C3)[C@@H]3CCCCN32)c1. The molecule has 0 N–H and O–H groups in total. The summed E-state index contributed by atoms with van der Waals surface area (Å²) in [5.41, 5.74) is 1.93. The second kappa shape index (κ2) is 8.58. The highest BCUT2D eigenvalue weighted by Crippen LogP contribution is 2.42. The van der Waals surface area contributed by atoms with Crippen LogP contribution in [0.25, 0.3) is 0 Å². The monoisotopic (exact) mass is 420 g/mol. The quantitative estimate of drug-likeness (QED) is 0.759. The van der Waals surface area contributed by atoms with Crippen molar-refractivity contribution >= 4 is 5.91 Å². The van der Waals surface area contributed by atoms with Crippen LogP contribution in [-0.2, 0) is 6.42 Å². The Kier molecular flexibility index (Phi) is 5.65. The van der Waals surface area contributed by atoms with Gasteiger partial charge in [-0.15, -0.1) is 0 Å². The van der Waals surface area contributed by atoms with E-state index in [1.54, 1.807) is 19.5 Å². The Balaban J connectivity index is 1.40. The first-order chi connectivity index (χ1) is 15.1. The van der Waals surface area contributed by atoms with E-state index in [-0.39, 0.29) is 5.91 Å². The molecule has 3 aliphatic heterocycles. The van der Waals surface area contributed by atoms with E-state index in [9.17, 15) is 4.79 Å². The van der Waals surface area contributed by atoms with Gasteiger partial charge in [0.1, 0.15) is 11.6 Å².